The molecule has 1 aromatic rings. The highest BCUT2D eigenvalue weighted by Gasteiger charge is 2.25. The molecule has 1 aliphatic rings. The number of morpholine rings is 1. The van der Waals surface area contributed by atoms with Crippen LogP contribution < -0.4 is 0 Å². The molecule has 94 valence electrons. The fourth-order valence-electron chi connectivity index (χ4n) is 1.79. The molecular weight excluding hydrogens is 230 g/mol. The number of nitrogens with zero attached hydrogens (tertiary/aromatic N) is 1. The molecule has 0 aliphatic carbocycles. The van der Waals surface area contributed by atoms with Crippen LogP contribution >= 0.6 is 0 Å². The maximum atomic E-state index is 11.9. The summed E-state index contributed by atoms with van der Waals surface area (Å²) in [5, 5.41) is 9.17. The SMILES string of the molecule is O=C(C#Cc1ccccc1)N1CCOCC1CO. The van der Waals surface area contributed by atoms with Crippen LogP contribution in [0.3, 0.4) is 0 Å². The van der Waals surface area contributed by atoms with E-state index in [1.807, 2.05) is 30.3 Å². The first kappa shape index (κ1) is 12.6. The first-order valence-corrected chi connectivity index (χ1v) is 5.87. The molecule has 18 heavy (non-hydrogen) atoms. The van der Waals surface area contributed by atoms with E-state index in [9.17, 15) is 9.90 Å². The zero-order chi connectivity index (χ0) is 12.8. The third-order valence-corrected chi connectivity index (χ3v) is 2.79. The topological polar surface area (TPSA) is 49.8 Å². The zero-order valence-electron chi connectivity index (χ0n) is 10.0. The second-order valence-electron chi connectivity index (χ2n) is 4.03. The number of ether oxygens (including phenoxy) is 1. The van der Waals surface area contributed by atoms with Crippen molar-refractivity contribution < 1.29 is 14.6 Å². The predicted molar refractivity (Wildman–Crippen MR) is 66.7 cm³/mol. The standard InChI is InChI=1S/C14H15NO3/c16-10-13-11-18-9-8-15(13)14(17)7-6-12-4-2-1-3-5-12/h1-5,13,16H,8-11H2. The molecule has 1 amide bonds. The maximum absolute atomic E-state index is 11.9. The summed E-state index contributed by atoms with van der Waals surface area (Å²) in [6.07, 6.45) is 0. The molecule has 1 saturated heterocycles. The Morgan fingerprint density at radius 1 is 1.44 bits per heavy atom. The highest BCUT2D eigenvalue weighted by atomic mass is 16.5. The lowest BCUT2D eigenvalue weighted by atomic mass is 10.2. The minimum Gasteiger partial charge on any atom is -0.394 e. The Morgan fingerprint density at radius 2 is 2.22 bits per heavy atom. The van der Waals surface area contributed by atoms with Crippen molar-refractivity contribution >= 4 is 5.91 Å². The Hall–Kier alpha value is -1.83. The first-order valence-electron chi connectivity index (χ1n) is 5.87. The Kier molecular flexibility index (Phi) is 4.35. The summed E-state index contributed by atoms with van der Waals surface area (Å²) in [4.78, 5) is 13.5. The van der Waals surface area contributed by atoms with E-state index >= 15 is 0 Å². The molecule has 1 unspecified atom stereocenters. The van der Waals surface area contributed by atoms with E-state index < -0.39 is 0 Å². The lowest BCUT2D eigenvalue weighted by molar-refractivity contribution is -0.135. The van der Waals surface area contributed by atoms with Gasteiger partial charge in [-0.2, -0.15) is 0 Å². The third kappa shape index (κ3) is 3.10. The third-order valence-electron chi connectivity index (χ3n) is 2.79. The van der Waals surface area contributed by atoms with E-state index in [0.29, 0.717) is 19.8 Å². The van der Waals surface area contributed by atoms with Crippen molar-refractivity contribution in [1.29, 1.82) is 0 Å². The lowest BCUT2D eigenvalue weighted by Crippen LogP contribution is -2.50. The smallest absolute Gasteiger partial charge is 0.299 e. The van der Waals surface area contributed by atoms with Crippen molar-refractivity contribution in [2.45, 2.75) is 6.04 Å². The van der Waals surface area contributed by atoms with Crippen LogP contribution in [0.25, 0.3) is 0 Å². The molecule has 2 rings (SSSR count). The molecule has 1 atom stereocenters. The Balaban J connectivity index is 2.05. The fourth-order valence-corrected chi connectivity index (χ4v) is 1.79. The molecule has 0 spiro atoms. The van der Waals surface area contributed by atoms with Crippen LogP contribution in [0.2, 0.25) is 0 Å². The molecule has 4 nitrogen and oxygen atoms in total. The molecule has 0 aromatic heterocycles. The van der Waals surface area contributed by atoms with E-state index in [4.69, 9.17) is 4.74 Å². The van der Waals surface area contributed by atoms with Gasteiger partial charge in [0.15, 0.2) is 0 Å². The van der Waals surface area contributed by atoms with Gasteiger partial charge in [-0.3, -0.25) is 4.79 Å². The van der Waals surface area contributed by atoms with Gasteiger partial charge in [0.1, 0.15) is 0 Å². The number of aliphatic hydroxyl groups is 1. The highest BCUT2D eigenvalue weighted by molar-refractivity contribution is 5.94. The van der Waals surface area contributed by atoms with Crippen molar-refractivity contribution in [3.05, 3.63) is 35.9 Å². The van der Waals surface area contributed by atoms with Gasteiger partial charge in [0.2, 0.25) is 0 Å². The normalized spacial score (nSPS) is 18.9. The number of carbonyl (C=O) groups excluding carboxylic acids is 1. The number of carbonyl (C=O) groups is 1. The van der Waals surface area contributed by atoms with Gasteiger partial charge in [0.05, 0.1) is 25.9 Å². The molecule has 1 heterocycles. The van der Waals surface area contributed by atoms with Crippen molar-refractivity contribution in [2.24, 2.45) is 0 Å². The van der Waals surface area contributed by atoms with Crippen LogP contribution in [0.15, 0.2) is 30.3 Å². The van der Waals surface area contributed by atoms with Gasteiger partial charge in [-0.05, 0) is 12.1 Å². The van der Waals surface area contributed by atoms with Gasteiger partial charge in [0.25, 0.3) is 5.91 Å². The van der Waals surface area contributed by atoms with Gasteiger partial charge < -0.3 is 14.7 Å². The highest BCUT2D eigenvalue weighted by Crippen LogP contribution is 2.06. The minimum absolute atomic E-state index is 0.0985. The summed E-state index contributed by atoms with van der Waals surface area (Å²) in [6.45, 7) is 1.25. The van der Waals surface area contributed by atoms with E-state index in [2.05, 4.69) is 11.8 Å². The summed E-state index contributed by atoms with van der Waals surface area (Å²) in [5.74, 6) is 5.16. The molecule has 1 aliphatic heterocycles. The van der Waals surface area contributed by atoms with E-state index in [-0.39, 0.29) is 18.6 Å². The monoisotopic (exact) mass is 245 g/mol. The van der Waals surface area contributed by atoms with E-state index in [0.717, 1.165) is 5.56 Å². The number of amides is 1. The molecule has 4 heteroatoms. The number of hydrogen-bond acceptors (Lipinski definition) is 3. The average Bonchev–Trinajstić information content (AvgIpc) is 2.45. The Labute approximate surface area is 106 Å². The van der Waals surface area contributed by atoms with Gasteiger partial charge in [-0.15, -0.1) is 0 Å². The largest absolute Gasteiger partial charge is 0.394 e. The molecule has 0 saturated carbocycles. The van der Waals surface area contributed by atoms with Crippen LogP contribution in [-0.4, -0.2) is 48.3 Å². The summed E-state index contributed by atoms with van der Waals surface area (Å²) in [7, 11) is 0. The molecule has 0 bridgehead atoms. The van der Waals surface area contributed by atoms with Crippen LogP contribution in [0.5, 0.6) is 0 Å². The van der Waals surface area contributed by atoms with Crippen molar-refractivity contribution in [3.8, 4) is 11.8 Å². The van der Waals surface area contributed by atoms with Gasteiger partial charge in [0, 0.05) is 18.0 Å². The van der Waals surface area contributed by atoms with Crippen molar-refractivity contribution in [2.75, 3.05) is 26.4 Å². The van der Waals surface area contributed by atoms with Crippen LogP contribution in [0, 0.1) is 11.8 Å². The zero-order valence-corrected chi connectivity index (χ0v) is 10.0. The lowest BCUT2D eigenvalue weighted by Gasteiger charge is -2.32. The van der Waals surface area contributed by atoms with E-state index in [1.165, 1.54) is 0 Å². The van der Waals surface area contributed by atoms with Gasteiger partial charge in [-0.25, -0.2) is 0 Å². The Bertz CT molecular complexity index is 461. The summed E-state index contributed by atoms with van der Waals surface area (Å²) in [5.41, 5.74) is 0.805. The second kappa shape index (κ2) is 6.20. The summed E-state index contributed by atoms with van der Waals surface area (Å²) in [6, 6.07) is 9.07. The molecule has 1 N–H and O–H groups in total. The van der Waals surface area contributed by atoms with Gasteiger partial charge in [-0.1, -0.05) is 24.1 Å². The molecule has 1 aromatic carbocycles. The van der Waals surface area contributed by atoms with E-state index in [1.54, 1.807) is 4.90 Å². The van der Waals surface area contributed by atoms with Crippen LogP contribution in [-0.2, 0) is 9.53 Å². The average molecular weight is 245 g/mol. The quantitative estimate of drug-likeness (QED) is 0.722. The maximum Gasteiger partial charge on any atom is 0.299 e. The number of hydrogen-bond donors (Lipinski definition) is 1. The predicted octanol–water partition coefficient (Wildman–Crippen LogP) is 0.258. The van der Waals surface area contributed by atoms with Crippen LogP contribution in [0.1, 0.15) is 5.56 Å². The minimum atomic E-state index is -0.281. The van der Waals surface area contributed by atoms with Crippen LogP contribution in [0.4, 0.5) is 0 Å². The van der Waals surface area contributed by atoms with Crippen molar-refractivity contribution in [1.82, 2.24) is 4.90 Å². The fraction of sp³-hybridized carbons (Fsp3) is 0.357. The number of aliphatic hydroxyl groups excluding tert-OH is 1. The number of rotatable bonds is 1. The second-order valence-corrected chi connectivity index (χ2v) is 4.03. The summed E-state index contributed by atoms with van der Waals surface area (Å²) >= 11 is 0. The molecule has 0 radical (unpaired) electrons. The Morgan fingerprint density at radius 3 is 2.94 bits per heavy atom. The van der Waals surface area contributed by atoms with Crippen molar-refractivity contribution in [3.63, 3.8) is 0 Å². The molecular formula is C14H15NO3. The first-order chi connectivity index (χ1) is 8.81. The number of benzene rings is 1. The molecule has 1 fully saturated rings. The van der Waals surface area contributed by atoms with Gasteiger partial charge >= 0.3 is 0 Å². The summed E-state index contributed by atoms with van der Waals surface area (Å²) < 4.78 is 5.21.